The predicted octanol–water partition coefficient (Wildman–Crippen LogP) is 5.28. The molecule has 17 heavy (non-hydrogen) atoms. The van der Waals surface area contributed by atoms with Crippen molar-refractivity contribution in [3.63, 3.8) is 0 Å². The molecule has 1 aliphatic carbocycles. The summed E-state index contributed by atoms with van der Waals surface area (Å²) in [6, 6.07) is 7.41. The molecule has 1 atom stereocenters. The quantitative estimate of drug-likeness (QED) is 0.647. The van der Waals surface area contributed by atoms with Gasteiger partial charge in [-0.05, 0) is 29.9 Å². The van der Waals surface area contributed by atoms with Gasteiger partial charge in [0.1, 0.15) is 5.38 Å². The van der Waals surface area contributed by atoms with E-state index in [9.17, 15) is 8.78 Å². The van der Waals surface area contributed by atoms with Crippen LogP contribution in [0.5, 0.6) is 0 Å². The largest absolute Gasteiger partial charge is 0.258 e. The second-order valence-electron chi connectivity index (χ2n) is 4.74. The standard InChI is InChI=1S/C14H17ClF2/c15-13(14(16)17)12-8-6-11(7-9-12)10-4-2-1-3-5-10/h6-10,13-14H,1-5H2. The Kier molecular flexibility index (Phi) is 4.38. The van der Waals surface area contributed by atoms with Crippen LogP contribution in [0.3, 0.4) is 0 Å². The highest BCUT2D eigenvalue weighted by Gasteiger charge is 2.20. The van der Waals surface area contributed by atoms with E-state index < -0.39 is 11.8 Å². The van der Waals surface area contributed by atoms with Gasteiger partial charge in [0, 0.05) is 0 Å². The molecule has 0 N–H and O–H groups in total. The van der Waals surface area contributed by atoms with Gasteiger partial charge in [-0.25, -0.2) is 8.78 Å². The summed E-state index contributed by atoms with van der Waals surface area (Å²) in [5.74, 6) is 0.609. The molecule has 1 aromatic carbocycles. The fraction of sp³-hybridized carbons (Fsp3) is 0.571. The highest BCUT2D eigenvalue weighted by molar-refractivity contribution is 6.21. The molecule has 0 nitrogen and oxygen atoms in total. The average molecular weight is 259 g/mol. The van der Waals surface area contributed by atoms with Gasteiger partial charge in [-0.3, -0.25) is 0 Å². The molecule has 1 fully saturated rings. The lowest BCUT2D eigenvalue weighted by molar-refractivity contribution is 0.143. The lowest BCUT2D eigenvalue weighted by Crippen LogP contribution is -2.06. The van der Waals surface area contributed by atoms with Crippen LogP contribution in [0.2, 0.25) is 0 Å². The molecule has 1 unspecified atom stereocenters. The molecule has 0 amide bonds. The van der Waals surface area contributed by atoms with Gasteiger partial charge < -0.3 is 0 Å². The van der Waals surface area contributed by atoms with Crippen LogP contribution in [0, 0.1) is 0 Å². The highest BCUT2D eigenvalue weighted by Crippen LogP contribution is 2.34. The number of hydrogen-bond acceptors (Lipinski definition) is 0. The van der Waals surface area contributed by atoms with E-state index in [1.165, 1.54) is 37.7 Å². The monoisotopic (exact) mass is 258 g/mol. The van der Waals surface area contributed by atoms with Crippen LogP contribution in [0.15, 0.2) is 24.3 Å². The maximum atomic E-state index is 12.4. The van der Waals surface area contributed by atoms with Gasteiger partial charge in [0.15, 0.2) is 0 Å². The van der Waals surface area contributed by atoms with Crippen LogP contribution in [-0.2, 0) is 0 Å². The minimum Gasteiger partial charge on any atom is -0.208 e. The van der Waals surface area contributed by atoms with E-state index in [4.69, 9.17) is 11.6 Å². The van der Waals surface area contributed by atoms with Crippen molar-refractivity contribution in [1.29, 1.82) is 0 Å². The van der Waals surface area contributed by atoms with Crippen molar-refractivity contribution in [2.24, 2.45) is 0 Å². The van der Waals surface area contributed by atoms with Gasteiger partial charge in [-0.15, -0.1) is 11.6 Å². The lowest BCUT2D eigenvalue weighted by Gasteiger charge is -2.22. The van der Waals surface area contributed by atoms with E-state index in [-0.39, 0.29) is 0 Å². The van der Waals surface area contributed by atoms with Crippen LogP contribution in [0.1, 0.15) is 54.5 Å². The van der Waals surface area contributed by atoms with E-state index in [1.807, 2.05) is 12.1 Å². The van der Waals surface area contributed by atoms with Crippen molar-refractivity contribution < 1.29 is 8.78 Å². The molecular formula is C14H17ClF2. The summed E-state index contributed by atoms with van der Waals surface area (Å²) in [6.45, 7) is 0. The zero-order chi connectivity index (χ0) is 12.3. The molecule has 0 heterocycles. The molecule has 0 spiro atoms. The number of rotatable bonds is 3. The van der Waals surface area contributed by atoms with Crippen molar-refractivity contribution in [3.8, 4) is 0 Å². The van der Waals surface area contributed by atoms with Gasteiger partial charge in [0.2, 0.25) is 0 Å². The summed E-state index contributed by atoms with van der Waals surface area (Å²) in [6.07, 6.45) is 3.82. The minimum atomic E-state index is -2.50. The topological polar surface area (TPSA) is 0 Å². The Hall–Kier alpha value is -0.630. The Morgan fingerprint density at radius 1 is 1.00 bits per heavy atom. The van der Waals surface area contributed by atoms with E-state index in [1.54, 1.807) is 12.1 Å². The Morgan fingerprint density at radius 2 is 1.59 bits per heavy atom. The lowest BCUT2D eigenvalue weighted by atomic mass is 9.84. The summed E-state index contributed by atoms with van der Waals surface area (Å²) in [7, 11) is 0. The fourth-order valence-corrected chi connectivity index (χ4v) is 2.68. The minimum absolute atomic E-state index is 0.515. The maximum absolute atomic E-state index is 12.4. The van der Waals surface area contributed by atoms with Gasteiger partial charge in [0.25, 0.3) is 6.43 Å². The van der Waals surface area contributed by atoms with Gasteiger partial charge in [0.05, 0.1) is 0 Å². The van der Waals surface area contributed by atoms with Gasteiger partial charge in [-0.2, -0.15) is 0 Å². The van der Waals surface area contributed by atoms with Crippen molar-refractivity contribution in [2.75, 3.05) is 0 Å². The molecular weight excluding hydrogens is 242 g/mol. The molecule has 0 saturated heterocycles. The summed E-state index contributed by atoms with van der Waals surface area (Å²) in [5.41, 5.74) is 1.79. The first-order chi connectivity index (χ1) is 8.18. The van der Waals surface area contributed by atoms with Crippen molar-refractivity contribution in [2.45, 2.75) is 49.8 Å². The van der Waals surface area contributed by atoms with Crippen LogP contribution >= 0.6 is 11.6 Å². The van der Waals surface area contributed by atoms with E-state index >= 15 is 0 Å². The molecule has 0 aromatic heterocycles. The number of benzene rings is 1. The van der Waals surface area contributed by atoms with Crippen LogP contribution in [0.25, 0.3) is 0 Å². The Bertz CT molecular complexity index is 342. The summed E-state index contributed by atoms with van der Waals surface area (Å²) in [5, 5.41) is -1.18. The third-order valence-corrected chi connectivity index (χ3v) is 4.00. The molecule has 0 bridgehead atoms. The van der Waals surface area contributed by atoms with Crippen molar-refractivity contribution in [1.82, 2.24) is 0 Å². The first-order valence-electron chi connectivity index (χ1n) is 6.20. The molecule has 0 aliphatic heterocycles. The highest BCUT2D eigenvalue weighted by atomic mass is 35.5. The van der Waals surface area contributed by atoms with Gasteiger partial charge >= 0.3 is 0 Å². The summed E-state index contributed by atoms with van der Waals surface area (Å²) >= 11 is 5.63. The normalized spacial score (nSPS) is 19.5. The van der Waals surface area contributed by atoms with E-state index in [0.717, 1.165) is 0 Å². The number of hydrogen-bond donors (Lipinski definition) is 0. The third-order valence-electron chi connectivity index (χ3n) is 3.55. The van der Waals surface area contributed by atoms with Crippen LogP contribution in [-0.4, -0.2) is 6.43 Å². The molecule has 2 rings (SSSR count). The first-order valence-corrected chi connectivity index (χ1v) is 6.64. The van der Waals surface area contributed by atoms with Crippen LogP contribution < -0.4 is 0 Å². The first kappa shape index (κ1) is 12.8. The zero-order valence-corrected chi connectivity index (χ0v) is 10.5. The molecule has 3 heteroatoms. The molecule has 94 valence electrons. The molecule has 1 saturated carbocycles. The summed E-state index contributed by atoms with van der Waals surface area (Å²) < 4.78 is 24.9. The van der Waals surface area contributed by atoms with Gasteiger partial charge in [-0.1, -0.05) is 43.5 Å². The Morgan fingerprint density at radius 3 is 2.12 bits per heavy atom. The average Bonchev–Trinajstić information content (AvgIpc) is 2.39. The second kappa shape index (κ2) is 5.81. The Balaban J connectivity index is 2.06. The van der Waals surface area contributed by atoms with Crippen molar-refractivity contribution >= 4 is 11.6 Å². The Labute approximate surface area is 106 Å². The molecule has 1 aromatic rings. The predicted molar refractivity (Wildman–Crippen MR) is 66.9 cm³/mol. The van der Waals surface area contributed by atoms with Crippen LogP contribution in [0.4, 0.5) is 8.78 Å². The third kappa shape index (κ3) is 3.19. The molecule has 0 radical (unpaired) electrons. The number of alkyl halides is 3. The fourth-order valence-electron chi connectivity index (χ4n) is 2.53. The smallest absolute Gasteiger partial charge is 0.208 e. The van der Waals surface area contributed by atoms with E-state index in [0.29, 0.717) is 11.5 Å². The number of halogens is 3. The SMILES string of the molecule is FC(F)C(Cl)c1ccc(C2CCCCC2)cc1. The van der Waals surface area contributed by atoms with Crippen molar-refractivity contribution in [3.05, 3.63) is 35.4 Å². The maximum Gasteiger partial charge on any atom is 0.258 e. The molecule has 1 aliphatic rings. The second-order valence-corrected chi connectivity index (χ2v) is 5.21. The summed E-state index contributed by atoms with van der Waals surface area (Å²) in [4.78, 5) is 0. The zero-order valence-electron chi connectivity index (χ0n) is 9.71. The van der Waals surface area contributed by atoms with E-state index in [2.05, 4.69) is 0 Å².